The molecule has 2 N–H and O–H groups in total. The van der Waals surface area contributed by atoms with Crippen LogP contribution in [0.3, 0.4) is 0 Å². The molecule has 2 aromatic carbocycles. The second-order valence-corrected chi connectivity index (χ2v) is 9.22. The van der Waals surface area contributed by atoms with Crippen LogP contribution >= 0.6 is 0 Å². The third-order valence-electron chi connectivity index (χ3n) is 6.38. The van der Waals surface area contributed by atoms with Crippen molar-refractivity contribution >= 4 is 11.5 Å². The number of anilines is 1. The smallest absolute Gasteiger partial charge is 0.231 e. The number of carbonyl (C=O) groups excluding carboxylic acids is 1. The van der Waals surface area contributed by atoms with Gasteiger partial charge in [0.15, 0.2) is 17.3 Å². The number of rotatable bonds is 2. The normalized spacial score (nSPS) is 20.9. The fraction of sp³-hybridized carbons (Fsp3) is 0.269. The van der Waals surface area contributed by atoms with Crippen LogP contribution in [-0.4, -0.2) is 12.6 Å². The standard InChI is InChI=1S/C26H22N4O3/c1-26(2)10-19-24(20(31)11-26)23(15-7-8-21-22(9-15)33-14-32-21)17(13-28)25(29)30(19)18-6-4-3-5-16(18)12-27/h3-9,23H,10-11,14,29H2,1-2H3/t23-/m0/s1. The van der Waals surface area contributed by atoms with E-state index in [4.69, 9.17) is 15.2 Å². The zero-order chi connectivity index (χ0) is 23.3. The van der Waals surface area contributed by atoms with Gasteiger partial charge in [-0.05, 0) is 41.7 Å². The maximum Gasteiger partial charge on any atom is 0.231 e. The summed E-state index contributed by atoms with van der Waals surface area (Å²) in [7, 11) is 0. The Bertz CT molecular complexity index is 1340. The lowest BCUT2D eigenvalue weighted by atomic mass is 9.68. The molecule has 7 heteroatoms. The van der Waals surface area contributed by atoms with Gasteiger partial charge in [-0.2, -0.15) is 10.5 Å². The first-order chi connectivity index (χ1) is 15.8. The molecule has 1 aliphatic carbocycles. The van der Waals surface area contributed by atoms with E-state index in [1.54, 1.807) is 29.2 Å². The van der Waals surface area contributed by atoms with Crippen molar-refractivity contribution in [3.05, 3.63) is 76.3 Å². The molecule has 0 aromatic heterocycles. The Kier molecular flexibility index (Phi) is 4.65. The second kappa shape index (κ2) is 7.43. The summed E-state index contributed by atoms with van der Waals surface area (Å²) in [5.41, 5.74) is 9.63. The maximum absolute atomic E-state index is 13.6. The monoisotopic (exact) mass is 438 g/mol. The highest BCUT2D eigenvalue weighted by atomic mass is 16.7. The van der Waals surface area contributed by atoms with Crippen LogP contribution in [0.1, 0.15) is 43.7 Å². The lowest BCUT2D eigenvalue weighted by Crippen LogP contribution is -2.42. The highest BCUT2D eigenvalue weighted by molar-refractivity contribution is 6.02. The summed E-state index contributed by atoms with van der Waals surface area (Å²) < 4.78 is 11.0. The number of para-hydroxylation sites is 1. The van der Waals surface area contributed by atoms with Crippen LogP contribution in [0.15, 0.2) is 65.1 Å². The highest BCUT2D eigenvalue weighted by Gasteiger charge is 2.45. The Balaban J connectivity index is 1.78. The first-order valence-electron chi connectivity index (χ1n) is 10.7. The number of fused-ring (bicyclic) bond motifs is 1. The van der Waals surface area contributed by atoms with E-state index in [1.165, 1.54) is 0 Å². The molecule has 7 nitrogen and oxygen atoms in total. The van der Waals surface area contributed by atoms with Crippen LogP contribution in [0.2, 0.25) is 0 Å². The molecule has 2 aliphatic heterocycles. The Labute approximate surface area is 191 Å². The molecule has 0 saturated heterocycles. The van der Waals surface area contributed by atoms with Gasteiger partial charge in [0.1, 0.15) is 11.9 Å². The number of hydrogen-bond donors (Lipinski definition) is 1. The first-order valence-corrected chi connectivity index (χ1v) is 10.7. The molecule has 0 spiro atoms. The fourth-order valence-electron chi connectivity index (χ4n) is 4.97. The van der Waals surface area contributed by atoms with Gasteiger partial charge >= 0.3 is 0 Å². The number of ketones is 1. The molecule has 2 aromatic rings. The number of nitriles is 2. The SMILES string of the molecule is CC1(C)CC(=O)C2=C(C1)N(c1ccccc1C#N)C(N)=C(C#N)[C@@H]2c1ccc2c(c1)OCO2. The Hall–Kier alpha value is -4.23. The lowest BCUT2D eigenvalue weighted by molar-refractivity contribution is -0.118. The van der Waals surface area contributed by atoms with E-state index < -0.39 is 5.92 Å². The number of hydrogen-bond acceptors (Lipinski definition) is 7. The summed E-state index contributed by atoms with van der Waals surface area (Å²) in [4.78, 5) is 15.3. The number of nitrogens with zero attached hydrogens (tertiary/aromatic N) is 3. The number of carbonyl (C=O) groups is 1. The van der Waals surface area contributed by atoms with Crippen molar-refractivity contribution in [1.29, 1.82) is 10.5 Å². The molecule has 2 heterocycles. The number of Topliss-reactive ketones (excluding diaryl/α,β-unsaturated/α-hetero) is 1. The van der Waals surface area contributed by atoms with Gasteiger partial charge in [-0.25, -0.2) is 0 Å². The Morgan fingerprint density at radius 2 is 1.82 bits per heavy atom. The fourth-order valence-corrected chi connectivity index (χ4v) is 4.97. The van der Waals surface area contributed by atoms with Crippen molar-refractivity contribution in [2.45, 2.75) is 32.6 Å². The van der Waals surface area contributed by atoms with Crippen molar-refractivity contribution in [3.8, 4) is 23.6 Å². The van der Waals surface area contributed by atoms with Gasteiger partial charge in [0.2, 0.25) is 6.79 Å². The predicted octanol–water partition coefficient (Wildman–Crippen LogP) is 4.23. The molecular formula is C26H22N4O3. The largest absolute Gasteiger partial charge is 0.454 e. The van der Waals surface area contributed by atoms with E-state index in [0.717, 1.165) is 11.3 Å². The van der Waals surface area contributed by atoms with Crippen molar-refractivity contribution < 1.29 is 14.3 Å². The highest BCUT2D eigenvalue weighted by Crippen LogP contribution is 2.51. The van der Waals surface area contributed by atoms with Gasteiger partial charge in [-0.3, -0.25) is 9.69 Å². The quantitative estimate of drug-likeness (QED) is 0.747. The average Bonchev–Trinajstić information content (AvgIpc) is 3.25. The minimum Gasteiger partial charge on any atom is -0.454 e. The molecule has 5 rings (SSSR count). The van der Waals surface area contributed by atoms with E-state index in [-0.39, 0.29) is 29.4 Å². The molecule has 164 valence electrons. The van der Waals surface area contributed by atoms with Crippen LogP contribution in [0.25, 0.3) is 0 Å². The van der Waals surface area contributed by atoms with Gasteiger partial charge in [0.25, 0.3) is 0 Å². The molecule has 33 heavy (non-hydrogen) atoms. The number of nitrogens with two attached hydrogens (primary N) is 1. The van der Waals surface area contributed by atoms with Gasteiger partial charge < -0.3 is 15.2 Å². The van der Waals surface area contributed by atoms with Gasteiger partial charge in [0.05, 0.1) is 28.8 Å². The van der Waals surface area contributed by atoms with Crippen LogP contribution < -0.4 is 20.1 Å². The summed E-state index contributed by atoms with van der Waals surface area (Å²) in [6.07, 6.45) is 0.938. The van der Waals surface area contributed by atoms with E-state index in [9.17, 15) is 15.3 Å². The topological polar surface area (TPSA) is 112 Å². The van der Waals surface area contributed by atoms with Gasteiger partial charge in [-0.1, -0.05) is 32.0 Å². The molecule has 0 unspecified atom stereocenters. The average molecular weight is 438 g/mol. The molecular weight excluding hydrogens is 416 g/mol. The van der Waals surface area contributed by atoms with Crippen molar-refractivity contribution in [1.82, 2.24) is 0 Å². The Morgan fingerprint density at radius 1 is 1.06 bits per heavy atom. The molecule has 0 saturated carbocycles. The number of benzene rings is 2. The third kappa shape index (κ3) is 3.21. The van der Waals surface area contributed by atoms with E-state index >= 15 is 0 Å². The van der Waals surface area contributed by atoms with Crippen LogP contribution in [0.5, 0.6) is 11.5 Å². The summed E-state index contributed by atoms with van der Waals surface area (Å²) in [5, 5.41) is 19.9. The summed E-state index contributed by atoms with van der Waals surface area (Å²) in [5.74, 6) is 0.788. The van der Waals surface area contributed by atoms with Crippen LogP contribution in [-0.2, 0) is 4.79 Å². The predicted molar refractivity (Wildman–Crippen MR) is 121 cm³/mol. The van der Waals surface area contributed by atoms with Crippen LogP contribution in [0, 0.1) is 28.1 Å². The minimum atomic E-state index is -0.617. The third-order valence-corrected chi connectivity index (χ3v) is 6.38. The zero-order valence-electron chi connectivity index (χ0n) is 18.4. The summed E-state index contributed by atoms with van der Waals surface area (Å²) >= 11 is 0. The van der Waals surface area contributed by atoms with Gasteiger partial charge in [0, 0.05) is 17.7 Å². The van der Waals surface area contributed by atoms with E-state index in [1.807, 2.05) is 32.0 Å². The molecule has 0 bridgehead atoms. The summed E-state index contributed by atoms with van der Waals surface area (Å²) in [6, 6.07) is 17.0. The molecule has 0 radical (unpaired) electrons. The van der Waals surface area contributed by atoms with E-state index in [2.05, 4.69) is 12.1 Å². The lowest BCUT2D eigenvalue weighted by Gasteiger charge is -2.44. The molecule has 1 atom stereocenters. The molecule has 3 aliphatic rings. The number of allylic oxidation sites excluding steroid dienone is 3. The second-order valence-electron chi connectivity index (χ2n) is 9.22. The summed E-state index contributed by atoms with van der Waals surface area (Å²) in [6.45, 7) is 4.21. The maximum atomic E-state index is 13.6. The van der Waals surface area contributed by atoms with Crippen LogP contribution in [0.4, 0.5) is 5.69 Å². The first kappa shape index (κ1) is 20.7. The van der Waals surface area contributed by atoms with E-state index in [0.29, 0.717) is 41.2 Å². The van der Waals surface area contributed by atoms with Crippen molar-refractivity contribution in [2.75, 3.05) is 11.7 Å². The molecule has 0 amide bonds. The van der Waals surface area contributed by atoms with Gasteiger partial charge in [-0.15, -0.1) is 0 Å². The Morgan fingerprint density at radius 3 is 2.58 bits per heavy atom. The minimum absolute atomic E-state index is 0.0244. The van der Waals surface area contributed by atoms with Crippen molar-refractivity contribution in [3.63, 3.8) is 0 Å². The zero-order valence-corrected chi connectivity index (χ0v) is 18.4. The number of ether oxygens (including phenoxy) is 2. The molecule has 0 fully saturated rings. The van der Waals surface area contributed by atoms with Crippen molar-refractivity contribution in [2.24, 2.45) is 11.1 Å².